The minimum atomic E-state index is -0.317. The summed E-state index contributed by atoms with van der Waals surface area (Å²) in [5.74, 6) is -0.142. The lowest BCUT2D eigenvalue weighted by Gasteiger charge is -2.07. The Morgan fingerprint density at radius 3 is 2.46 bits per heavy atom. The number of pyridine rings is 1. The summed E-state index contributed by atoms with van der Waals surface area (Å²) >= 11 is 0. The highest BCUT2D eigenvalue weighted by atomic mass is 19.1. The van der Waals surface area contributed by atoms with E-state index in [1.165, 1.54) is 12.1 Å². The summed E-state index contributed by atoms with van der Waals surface area (Å²) in [4.78, 5) is 15.5. The van der Waals surface area contributed by atoms with Crippen LogP contribution in [0.3, 0.4) is 0 Å². The number of ether oxygens (including phenoxy) is 1. The van der Waals surface area contributed by atoms with Crippen LogP contribution < -0.4 is 0 Å². The highest BCUT2D eigenvalue weighted by Gasteiger charge is 2.33. The number of aromatic nitrogens is 2. The van der Waals surface area contributed by atoms with Gasteiger partial charge in [0.15, 0.2) is 5.76 Å². The predicted molar refractivity (Wildman–Crippen MR) is 83.4 cm³/mol. The molecular weight excluding hydrogens is 311 g/mol. The lowest BCUT2D eigenvalue weighted by atomic mass is 9.94. The van der Waals surface area contributed by atoms with Gasteiger partial charge in [-0.1, -0.05) is 5.16 Å². The van der Waals surface area contributed by atoms with E-state index in [0.29, 0.717) is 11.5 Å². The van der Waals surface area contributed by atoms with Crippen molar-refractivity contribution >= 4 is 5.97 Å². The molecule has 3 heterocycles. The molecule has 0 aliphatic carbocycles. The third kappa shape index (κ3) is 2.56. The first-order chi connectivity index (χ1) is 11.7. The minimum absolute atomic E-state index is 0.178. The molecule has 0 saturated carbocycles. The summed E-state index contributed by atoms with van der Waals surface area (Å²) in [5, 5.41) is 4.18. The van der Waals surface area contributed by atoms with Crippen LogP contribution in [0, 0.1) is 5.82 Å². The third-order valence-corrected chi connectivity index (χ3v) is 4.03. The van der Waals surface area contributed by atoms with Crippen LogP contribution in [0.5, 0.6) is 0 Å². The van der Waals surface area contributed by atoms with Gasteiger partial charge in [-0.2, -0.15) is 0 Å². The van der Waals surface area contributed by atoms with Gasteiger partial charge in [0.2, 0.25) is 0 Å². The van der Waals surface area contributed by atoms with Crippen molar-refractivity contribution in [2.75, 3.05) is 6.61 Å². The first-order valence-corrected chi connectivity index (χ1v) is 7.54. The second-order valence-electron chi connectivity index (χ2n) is 5.60. The molecule has 1 aliphatic heterocycles. The second-order valence-corrected chi connectivity index (χ2v) is 5.60. The van der Waals surface area contributed by atoms with Gasteiger partial charge in [-0.25, -0.2) is 4.39 Å². The van der Waals surface area contributed by atoms with E-state index in [1.807, 2.05) is 12.1 Å². The fraction of sp³-hybridized carbons (Fsp3) is 0.167. The van der Waals surface area contributed by atoms with Crippen LogP contribution in [0.4, 0.5) is 4.39 Å². The SMILES string of the molecule is O=C1CC(c2onc(-c3ccc(F)cc3)c2-c2ccncc2)CO1. The summed E-state index contributed by atoms with van der Waals surface area (Å²) in [6, 6.07) is 9.75. The first kappa shape index (κ1) is 14.6. The van der Waals surface area contributed by atoms with Crippen molar-refractivity contribution < 1.29 is 18.4 Å². The van der Waals surface area contributed by atoms with Crippen LogP contribution >= 0.6 is 0 Å². The number of esters is 1. The number of hydrogen-bond donors (Lipinski definition) is 0. The molecule has 1 unspecified atom stereocenters. The van der Waals surface area contributed by atoms with Gasteiger partial charge in [0.1, 0.15) is 18.1 Å². The molecule has 1 saturated heterocycles. The molecular formula is C18H13FN2O3. The van der Waals surface area contributed by atoms with Gasteiger partial charge >= 0.3 is 5.97 Å². The highest BCUT2D eigenvalue weighted by molar-refractivity contribution is 5.83. The Morgan fingerprint density at radius 2 is 1.79 bits per heavy atom. The van der Waals surface area contributed by atoms with Gasteiger partial charge in [0, 0.05) is 18.0 Å². The van der Waals surface area contributed by atoms with Crippen molar-refractivity contribution in [1.29, 1.82) is 0 Å². The Bertz CT molecular complexity index is 875. The van der Waals surface area contributed by atoms with Gasteiger partial charge in [-0.05, 0) is 42.0 Å². The molecule has 2 aromatic heterocycles. The van der Waals surface area contributed by atoms with E-state index in [9.17, 15) is 9.18 Å². The summed E-state index contributed by atoms with van der Waals surface area (Å²) in [7, 11) is 0. The normalized spacial score (nSPS) is 17.0. The molecule has 0 bridgehead atoms. The van der Waals surface area contributed by atoms with Gasteiger partial charge in [0.25, 0.3) is 0 Å². The van der Waals surface area contributed by atoms with Crippen molar-refractivity contribution in [2.24, 2.45) is 0 Å². The van der Waals surface area contributed by atoms with E-state index in [1.54, 1.807) is 24.5 Å². The standard InChI is InChI=1S/C18H13FN2O3/c19-14-3-1-12(2-4-14)17-16(11-5-7-20-8-6-11)18(24-21-17)13-9-15(22)23-10-13/h1-8,13H,9-10H2. The summed E-state index contributed by atoms with van der Waals surface area (Å²) in [6.45, 7) is 0.273. The van der Waals surface area contributed by atoms with E-state index in [2.05, 4.69) is 10.1 Å². The molecule has 3 aromatic rings. The van der Waals surface area contributed by atoms with E-state index < -0.39 is 0 Å². The van der Waals surface area contributed by atoms with Crippen molar-refractivity contribution in [3.63, 3.8) is 0 Å². The van der Waals surface area contributed by atoms with Crippen molar-refractivity contribution in [1.82, 2.24) is 10.1 Å². The Morgan fingerprint density at radius 1 is 1.04 bits per heavy atom. The number of nitrogens with zero attached hydrogens (tertiary/aromatic N) is 2. The third-order valence-electron chi connectivity index (χ3n) is 4.03. The maximum atomic E-state index is 13.2. The predicted octanol–water partition coefficient (Wildman–Crippen LogP) is 3.57. The number of benzene rings is 1. The molecule has 4 rings (SSSR count). The summed E-state index contributed by atoms with van der Waals surface area (Å²) in [5.41, 5.74) is 3.01. The molecule has 5 nitrogen and oxygen atoms in total. The number of cyclic esters (lactones) is 1. The van der Waals surface area contributed by atoms with Gasteiger partial charge in [0.05, 0.1) is 17.9 Å². The zero-order chi connectivity index (χ0) is 16.5. The van der Waals surface area contributed by atoms with Crippen LogP contribution in [-0.2, 0) is 9.53 Å². The zero-order valence-electron chi connectivity index (χ0n) is 12.6. The van der Waals surface area contributed by atoms with Crippen molar-refractivity contribution in [3.8, 4) is 22.4 Å². The lowest BCUT2D eigenvalue weighted by Crippen LogP contribution is -1.98. The molecule has 1 aliphatic rings. The fourth-order valence-electron chi connectivity index (χ4n) is 2.86. The van der Waals surface area contributed by atoms with Crippen LogP contribution in [0.15, 0.2) is 53.3 Å². The quantitative estimate of drug-likeness (QED) is 0.689. The zero-order valence-corrected chi connectivity index (χ0v) is 12.6. The Balaban J connectivity index is 1.86. The molecule has 1 fully saturated rings. The molecule has 1 atom stereocenters. The topological polar surface area (TPSA) is 65.2 Å². The lowest BCUT2D eigenvalue weighted by molar-refractivity contribution is -0.137. The molecule has 120 valence electrons. The van der Waals surface area contributed by atoms with Crippen molar-refractivity contribution in [3.05, 3.63) is 60.4 Å². The molecule has 6 heteroatoms. The van der Waals surface area contributed by atoms with Crippen LogP contribution in [-0.4, -0.2) is 22.7 Å². The number of hydrogen-bond acceptors (Lipinski definition) is 5. The monoisotopic (exact) mass is 324 g/mol. The maximum absolute atomic E-state index is 13.2. The Labute approximate surface area is 137 Å². The van der Waals surface area contributed by atoms with E-state index in [4.69, 9.17) is 9.26 Å². The van der Waals surface area contributed by atoms with E-state index >= 15 is 0 Å². The highest BCUT2D eigenvalue weighted by Crippen LogP contribution is 2.40. The maximum Gasteiger partial charge on any atom is 0.306 e. The number of carbonyl (C=O) groups is 1. The fourth-order valence-corrected chi connectivity index (χ4v) is 2.86. The molecule has 0 radical (unpaired) electrons. The van der Waals surface area contributed by atoms with Crippen LogP contribution in [0.25, 0.3) is 22.4 Å². The van der Waals surface area contributed by atoms with E-state index in [-0.39, 0.29) is 30.7 Å². The average molecular weight is 324 g/mol. The van der Waals surface area contributed by atoms with Crippen molar-refractivity contribution in [2.45, 2.75) is 12.3 Å². The van der Waals surface area contributed by atoms with E-state index in [0.717, 1.165) is 16.7 Å². The Hall–Kier alpha value is -3.02. The van der Waals surface area contributed by atoms with Gasteiger partial charge in [-0.3, -0.25) is 9.78 Å². The van der Waals surface area contributed by atoms with Gasteiger partial charge < -0.3 is 9.26 Å². The largest absolute Gasteiger partial charge is 0.465 e. The Kier molecular flexibility index (Phi) is 3.57. The molecule has 0 spiro atoms. The molecule has 24 heavy (non-hydrogen) atoms. The average Bonchev–Trinajstić information content (AvgIpc) is 3.22. The number of carbonyl (C=O) groups excluding carboxylic acids is 1. The summed E-state index contributed by atoms with van der Waals surface area (Å²) < 4.78 is 23.8. The smallest absolute Gasteiger partial charge is 0.306 e. The summed E-state index contributed by atoms with van der Waals surface area (Å²) in [6.07, 6.45) is 3.61. The molecule has 0 amide bonds. The number of rotatable bonds is 3. The first-order valence-electron chi connectivity index (χ1n) is 7.54. The second kappa shape index (κ2) is 5.88. The minimum Gasteiger partial charge on any atom is -0.465 e. The molecule has 1 aromatic carbocycles. The van der Waals surface area contributed by atoms with Crippen LogP contribution in [0.1, 0.15) is 18.1 Å². The molecule has 0 N–H and O–H groups in total. The number of halogens is 1. The van der Waals surface area contributed by atoms with Crippen LogP contribution in [0.2, 0.25) is 0 Å². The van der Waals surface area contributed by atoms with Gasteiger partial charge in [-0.15, -0.1) is 0 Å².